The molecule has 6 nitrogen and oxygen atoms in total. The van der Waals surface area contributed by atoms with Gasteiger partial charge in [-0.1, -0.05) is 43.1 Å². The van der Waals surface area contributed by atoms with Gasteiger partial charge in [0.15, 0.2) is 0 Å². The lowest BCUT2D eigenvalue weighted by Crippen LogP contribution is -2.46. The third-order valence-corrected chi connectivity index (χ3v) is 5.31. The van der Waals surface area contributed by atoms with Gasteiger partial charge in [-0.3, -0.25) is 14.5 Å². The molecule has 1 aliphatic rings. The highest BCUT2D eigenvalue weighted by atomic mass is 35.5. The van der Waals surface area contributed by atoms with E-state index in [-0.39, 0.29) is 18.4 Å². The summed E-state index contributed by atoms with van der Waals surface area (Å²) in [5.41, 5.74) is -0.0986. The molecule has 2 rings (SSSR count). The van der Waals surface area contributed by atoms with Gasteiger partial charge < -0.3 is 10.2 Å². The van der Waals surface area contributed by atoms with Gasteiger partial charge in [0.25, 0.3) is 5.91 Å². The normalized spacial score (nSPS) is 16.1. The van der Waals surface area contributed by atoms with E-state index in [1.807, 2.05) is 13.8 Å². The van der Waals surface area contributed by atoms with Crippen LogP contribution in [-0.2, 0) is 16.1 Å². The van der Waals surface area contributed by atoms with E-state index in [9.17, 15) is 14.4 Å². The van der Waals surface area contributed by atoms with Gasteiger partial charge in [0.2, 0.25) is 5.91 Å². The Bertz CT molecular complexity index is 704. The number of benzene rings is 1. The molecule has 8 heteroatoms. The fourth-order valence-electron chi connectivity index (χ4n) is 2.81. The average Bonchev–Trinajstić information content (AvgIpc) is 2.82. The first-order chi connectivity index (χ1) is 11.7. The molecule has 1 N–H and O–H groups in total. The summed E-state index contributed by atoms with van der Waals surface area (Å²) >= 11 is 11.9. The third kappa shape index (κ3) is 3.90. The van der Waals surface area contributed by atoms with Crippen molar-refractivity contribution in [3.8, 4) is 0 Å². The Balaban J connectivity index is 2.04. The van der Waals surface area contributed by atoms with Crippen molar-refractivity contribution in [2.24, 2.45) is 0 Å². The number of rotatable bonds is 6. The van der Waals surface area contributed by atoms with Crippen molar-refractivity contribution in [2.45, 2.75) is 38.8 Å². The number of imide groups is 1. The molecule has 0 spiro atoms. The molecule has 1 fully saturated rings. The van der Waals surface area contributed by atoms with Gasteiger partial charge in [0.1, 0.15) is 12.1 Å². The number of hydrogen-bond donors (Lipinski definition) is 1. The van der Waals surface area contributed by atoms with Crippen LogP contribution in [0.25, 0.3) is 0 Å². The molecule has 1 aliphatic heterocycles. The van der Waals surface area contributed by atoms with Gasteiger partial charge in [-0.05, 0) is 30.5 Å². The van der Waals surface area contributed by atoms with E-state index < -0.39 is 11.6 Å². The minimum Gasteiger partial charge on any atom is -0.340 e. The highest BCUT2D eigenvalue weighted by molar-refractivity contribution is 6.42. The van der Waals surface area contributed by atoms with E-state index in [1.165, 1.54) is 4.90 Å². The molecule has 0 aromatic heterocycles. The molecule has 0 atom stereocenters. The maximum atomic E-state index is 12.5. The minimum absolute atomic E-state index is 0.287. The van der Waals surface area contributed by atoms with E-state index in [4.69, 9.17) is 23.2 Å². The largest absolute Gasteiger partial charge is 0.340 e. The number of likely N-dealkylation sites (N-methyl/N-ethyl adjacent to an activating group) is 1. The molecule has 0 unspecified atom stereocenters. The second kappa shape index (κ2) is 7.62. The van der Waals surface area contributed by atoms with Gasteiger partial charge in [0.05, 0.1) is 10.0 Å². The van der Waals surface area contributed by atoms with Gasteiger partial charge in [0, 0.05) is 13.6 Å². The molecule has 1 aromatic carbocycles. The molecule has 1 saturated heterocycles. The standard InChI is InChI=1S/C17H21Cl2N3O3/c1-4-17(5-2)15(24)22(16(25)20-17)10-14(23)21(3)9-11-6-7-12(18)13(19)8-11/h6-8H,4-5,9-10H2,1-3H3,(H,20,25). The quantitative estimate of drug-likeness (QED) is 0.764. The third-order valence-electron chi connectivity index (χ3n) is 4.58. The van der Waals surface area contributed by atoms with Gasteiger partial charge >= 0.3 is 6.03 Å². The van der Waals surface area contributed by atoms with Crippen molar-refractivity contribution in [2.75, 3.05) is 13.6 Å². The first-order valence-corrected chi connectivity index (χ1v) is 8.81. The average molecular weight is 386 g/mol. The maximum absolute atomic E-state index is 12.5. The summed E-state index contributed by atoms with van der Waals surface area (Å²) in [6.07, 6.45) is 0.968. The SMILES string of the molecule is CCC1(CC)NC(=O)N(CC(=O)N(C)Cc2ccc(Cl)c(Cl)c2)C1=O. The molecule has 136 valence electrons. The lowest BCUT2D eigenvalue weighted by molar-refractivity contribution is -0.138. The summed E-state index contributed by atoms with van der Waals surface area (Å²) < 4.78 is 0. The Kier molecular flexibility index (Phi) is 5.95. The van der Waals surface area contributed by atoms with Crippen LogP contribution in [0.3, 0.4) is 0 Å². The maximum Gasteiger partial charge on any atom is 0.325 e. The smallest absolute Gasteiger partial charge is 0.325 e. The topological polar surface area (TPSA) is 69.7 Å². The zero-order valence-electron chi connectivity index (χ0n) is 14.4. The predicted octanol–water partition coefficient (Wildman–Crippen LogP) is 3.06. The van der Waals surface area contributed by atoms with Crippen LogP contribution in [0.4, 0.5) is 4.79 Å². The van der Waals surface area contributed by atoms with Crippen molar-refractivity contribution in [1.29, 1.82) is 0 Å². The highest BCUT2D eigenvalue weighted by Gasteiger charge is 2.49. The van der Waals surface area contributed by atoms with E-state index in [0.29, 0.717) is 29.4 Å². The van der Waals surface area contributed by atoms with Crippen molar-refractivity contribution in [3.05, 3.63) is 33.8 Å². The van der Waals surface area contributed by atoms with Crippen molar-refractivity contribution in [3.63, 3.8) is 0 Å². The molecular weight excluding hydrogens is 365 g/mol. The second-order valence-corrected chi connectivity index (χ2v) is 6.92. The number of hydrogen-bond acceptors (Lipinski definition) is 3. The summed E-state index contributed by atoms with van der Waals surface area (Å²) in [6, 6.07) is 4.59. The number of halogens is 2. The molecule has 0 radical (unpaired) electrons. The van der Waals surface area contributed by atoms with Crippen LogP contribution in [0.5, 0.6) is 0 Å². The van der Waals surface area contributed by atoms with E-state index >= 15 is 0 Å². The van der Waals surface area contributed by atoms with Crippen LogP contribution in [0.1, 0.15) is 32.3 Å². The number of carbonyl (C=O) groups is 3. The zero-order valence-corrected chi connectivity index (χ0v) is 15.9. The van der Waals surface area contributed by atoms with Crippen molar-refractivity contribution >= 4 is 41.0 Å². The van der Waals surface area contributed by atoms with Crippen molar-refractivity contribution in [1.82, 2.24) is 15.1 Å². The Morgan fingerprint density at radius 1 is 1.20 bits per heavy atom. The fourth-order valence-corrected chi connectivity index (χ4v) is 3.13. The van der Waals surface area contributed by atoms with E-state index in [2.05, 4.69) is 5.32 Å². The van der Waals surface area contributed by atoms with Crippen LogP contribution >= 0.6 is 23.2 Å². The van der Waals surface area contributed by atoms with Gasteiger partial charge in [-0.25, -0.2) is 4.79 Å². The van der Waals surface area contributed by atoms with Crippen LogP contribution in [0.2, 0.25) is 10.0 Å². The monoisotopic (exact) mass is 385 g/mol. The van der Waals surface area contributed by atoms with Crippen molar-refractivity contribution < 1.29 is 14.4 Å². The molecule has 1 aromatic rings. The zero-order chi connectivity index (χ0) is 18.8. The first kappa shape index (κ1) is 19.5. The van der Waals surface area contributed by atoms with Crippen LogP contribution < -0.4 is 5.32 Å². The number of nitrogens with one attached hydrogen (secondary N) is 1. The molecule has 0 aliphatic carbocycles. The fraction of sp³-hybridized carbons (Fsp3) is 0.471. The Hall–Kier alpha value is -1.79. The van der Waals surface area contributed by atoms with Crippen LogP contribution in [0, 0.1) is 0 Å². The molecule has 0 bridgehead atoms. The van der Waals surface area contributed by atoms with Crippen LogP contribution in [0.15, 0.2) is 18.2 Å². The minimum atomic E-state index is -0.903. The number of nitrogens with zero attached hydrogens (tertiary/aromatic N) is 2. The Morgan fingerprint density at radius 2 is 1.84 bits per heavy atom. The Labute approximate surface area is 157 Å². The van der Waals surface area contributed by atoms with Gasteiger partial charge in [-0.15, -0.1) is 0 Å². The summed E-state index contributed by atoms with van der Waals surface area (Å²) in [6.45, 7) is 3.68. The lowest BCUT2D eigenvalue weighted by atomic mass is 9.93. The predicted molar refractivity (Wildman–Crippen MR) is 96.5 cm³/mol. The number of carbonyl (C=O) groups excluding carboxylic acids is 3. The summed E-state index contributed by atoms with van der Waals surface area (Å²) in [5, 5.41) is 3.56. The molecule has 0 saturated carbocycles. The molecule has 4 amide bonds. The van der Waals surface area contributed by atoms with E-state index in [1.54, 1.807) is 25.2 Å². The van der Waals surface area contributed by atoms with Crippen LogP contribution in [-0.4, -0.2) is 46.8 Å². The second-order valence-electron chi connectivity index (χ2n) is 6.11. The summed E-state index contributed by atoms with van der Waals surface area (Å²) in [5.74, 6) is -0.684. The number of urea groups is 1. The number of amides is 4. The molecule has 25 heavy (non-hydrogen) atoms. The highest BCUT2D eigenvalue weighted by Crippen LogP contribution is 2.25. The summed E-state index contributed by atoms with van der Waals surface area (Å²) in [7, 11) is 1.61. The first-order valence-electron chi connectivity index (χ1n) is 8.06. The van der Waals surface area contributed by atoms with E-state index in [0.717, 1.165) is 10.5 Å². The molecular formula is C17H21Cl2N3O3. The lowest BCUT2D eigenvalue weighted by Gasteiger charge is -2.24. The molecule has 1 heterocycles. The van der Waals surface area contributed by atoms with Gasteiger partial charge in [-0.2, -0.15) is 0 Å². The Morgan fingerprint density at radius 3 is 2.36 bits per heavy atom. The summed E-state index contributed by atoms with van der Waals surface area (Å²) in [4.78, 5) is 39.5.